The highest BCUT2D eigenvalue weighted by atomic mass is 19.3. The molecule has 3 aliphatic rings. The summed E-state index contributed by atoms with van der Waals surface area (Å²) in [4.78, 5) is 0. The molecule has 1 nitrogen and oxygen atoms in total. The standard InChI is InChI=1S/C19H30F4O/c20-15-9-11-16(12-10-15)24-19(22,23)14-7-5-13(6-8-14)17-3-1-2-4-18(17)21/h13-18H,1-12H2. The van der Waals surface area contributed by atoms with Gasteiger partial charge in [-0.15, -0.1) is 0 Å². The van der Waals surface area contributed by atoms with E-state index in [0.717, 1.165) is 19.3 Å². The van der Waals surface area contributed by atoms with Crippen molar-refractivity contribution in [3.8, 4) is 0 Å². The molecule has 0 N–H and O–H groups in total. The van der Waals surface area contributed by atoms with Crippen LogP contribution in [0.5, 0.6) is 0 Å². The topological polar surface area (TPSA) is 9.23 Å². The van der Waals surface area contributed by atoms with Crippen LogP contribution in [0.25, 0.3) is 0 Å². The lowest BCUT2D eigenvalue weighted by Crippen LogP contribution is -2.40. The van der Waals surface area contributed by atoms with Gasteiger partial charge in [-0.3, -0.25) is 0 Å². The first kappa shape index (κ1) is 18.5. The van der Waals surface area contributed by atoms with E-state index in [9.17, 15) is 17.6 Å². The fraction of sp³-hybridized carbons (Fsp3) is 1.00. The SMILES string of the molecule is FC1CCC(OC(F)(F)C2CCC(C3CCCCC3F)CC2)CC1. The Morgan fingerprint density at radius 3 is 1.96 bits per heavy atom. The number of halogens is 4. The minimum absolute atomic E-state index is 0.0778. The molecule has 0 spiro atoms. The molecule has 24 heavy (non-hydrogen) atoms. The third-order valence-electron chi connectivity index (χ3n) is 6.51. The van der Waals surface area contributed by atoms with Crippen molar-refractivity contribution in [2.75, 3.05) is 0 Å². The summed E-state index contributed by atoms with van der Waals surface area (Å²) in [6.07, 6.45) is 1.97. The lowest BCUT2D eigenvalue weighted by atomic mass is 9.70. The van der Waals surface area contributed by atoms with Gasteiger partial charge in [-0.05, 0) is 76.0 Å². The second-order valence-electron chi connectivity index (χ2n) is 8.13. The van der Waals surface area contributed by atoms with Crippen molar-refractivity contribution in [1.82, 2.24) is 0 Å². The summed E-state index contributed by atoms with van der Waals surface area (Å²) in [6.45, 7) is 0. The van der Waals surface area contributed by atoms with Gasteiger partial charge in [0.1, 0.15) is 12.3 Å². The predicted octanol–water partition coefficient (Wildman–Crippen LogP) is 6.21. The summed E-state index contributed by atoms with van der Waals surface area (Å²) in [6, 6.07) is 0. The monoisotopic (exact) mass is 350 g/mol. The molecule has 0 radical (unpaired) electrons. The molecule has 0 aromatic carbocycles. The van der Waals surface area contributed by atoms with Gasteiger partial charge in [-0.2, -0.15) is 8.78 Å². The van der Waals surface area contributed by atoms with E-state index in [1.807, 2.05) is 0 Å². The Morgan fingerprint density at radius 2 is 1.33 bits per heavy atom. The van der Waals surface area contributed by atoms with E-state index in [1.165, 1.54) is 0 Å². The second kappa shape index (κ2) is 7.92. The molecule has 0 saturated heterocycles. The zero-order valence-electron chi connectivity index (χ0n) is 14.4. The Labute approximate surface area is 142 Å². The van der Waals surface area contributed by atoms with Gasteiger partial charge in [-0.1, -0.05) is 12.8 Å². The molecule has 0 amide bonds. The van der Waals surface area contributed by atoms with Gasteiger partial charge in [0.05, 0.1) is 12.0 Å². The first-order chi connectivity index (χ1) is 11.5. The van der Waals surface area contributed by atoms with Crippen molar-refractivity contribution in [3.05, 3.63) is 0 Å². The molecule has 0 aliphatic heterocycles. The predicted molar refractivity (Wildman–Crippen MR) is 85.5 cm³/mol. The minimum atomic E-state index is -3.12. The van der Waals surface area contributed by atoms with Crippen molar-refractivity contribution in [2.24, 2.45) is 17.8 Å². The molecule has 3 saturated carbocycles. The van der Waals surface area contributed by atoms with Crippen LogP contribution in [-0.4, -0.2) is 24.6 Å². The van der Waals surface area contributed by atoms with E-state index in [4.69, 9.17) is 4.74 Å². The van der Waals surface area contributed by atoms with Crippen LogP contribution in [0.4, 0.5) is 17.6 Å². The van der Waals surface area contributed by atoms with Gasteiger partial charge in [-0.25, -0.2) is 8.78 Å². The summed E-state index contributed by atoms with van der Waals surface area (Å²) < 4.78 is 61.2. The zero-order chi connectivity index (χ0) is 17.2. The molecule has 2 atom stereocenters. The average molecular weight is 350 g/mol. The van der Waals surface area contributed by atoms with Crippen molar-refractivity contribution in [1.29, 1.82) is 0 Å². The van der Waals surface area contributed by atoms with Crippen LogP contribution < -0.4 is 0 Å². The largest absolute Gasteiger partial charge is 0.358 e. The molecule has 3 fully saturated rings. The normalized spacial score (nSPS) is 42.0. The van der Waals surface area contributed by atoms with Crippen LogP contribution in [0.2, 0.25) is 0 Å². The van der Waals surface area contributed by atoms with Crippen LogP contribution >= 0.6 is 0 Å². The fourth-order valence-corrected chi connectivity index (χ4v) is 4.99. The molecule has 0 aromatic heterocycles. The van der Waals surface area contributed by atoms with Crippen molar-refractivity contribution in [2.45, 2.75) is 102 Å². The Kier molecular flexibility index (Phi) is 6.10. The van der Waals surface area contributed by atoms with Gasteiger partial charge in [0.15, 0.2) is 0 Å². The van der Waals surface area contributed by atoms with E-state index in [2.05, 4.69) is 0 Å². The Balaban J connectivity index is 1.48. The number of alkyl halides is 4. The molecule has 2 unspecified atom stereocenters. The molecular formula is C19H30F4O. The molecule has 0 heterocycles. The minimum Gasteiger partial charge on any atom is -0.317 e. The van der Waals surface area contributed by atoms with Gasteiger partial charge in [0.25, 0.3) is 0 Å². The maximum absolute atomic E-state index is 14.4. The molecule has 5 heteroatoms. The van der Waals surface area contributed by atoms with Crippen LogP contribution in [0.3, 0.4) is 0 Å². The van der Waals surface area contributed by atoms with E-state index >= 15 is 0 Å². The molecule has 140 valence electrons. The summed E-state index contributed by atoms with van der Waals surface area (Å²) >= 11 is 0. The Hall–Kier alpha value is -0.320. The number of rotatable bonds is 4. The summed E-state index contributed by atoms with van der Waals surface area (Å²) in [5, 5.41) is 0. The zero-order valence-corrected chi connectivity index (χ0v) is 14.4. The smallest absolute Gasteiger partial charge is 0.317 e. The highest BCUT2D eigenvalue weighted by Crippen LogP contribution is 2.46. The van der Waals surface area contributed by atoms with E-state index < -0.39 is 30.5 Å². The first-order valence-electron chi connectivity index (χ1n) is 9.79. The number of ether oxygens (including phenoxy) is 1. The van der Waals surface area contributed by atoms with Gasteiger partial charge >= 0.3 is 6.11 Å². The lowest BCUT2D eigenvalue weighted by molar-refractivity contribution is -0.302. The van der Waals surface area contributed by atoms with Gasteiger partial charge in [0.2, 0.25) is 0 Å². The third kappa shape index (κ3) is 4.44. The van der Waals surface area contributed by atoms with Crippen LogP contribution in [0.15, 0.2) is 0 Å². The van der Waals surface area contributed by atoms with Crippen molar-refractivity contribution >= 4 is 0 Å². The molecular weight excluding hydrogens is 320 g/mol. The maximum atomic E-state index is 14.4. The molecule has 0 bridgehead atoms. The van der Waals surface area contributed by atoms with Crippen molar-refractivity contribution in [3.63, 3.8) is 0 Å². The maximum Gasteiger partial charge on any atom is 0.358 e. The molecule has 0 aromatic rings. The summed E-state index contributed by atoms with van der Waals surface area (Å²) in [5.74, 6) is -0.429. The van der Waals surface area contributed by atoms with Crippen LogP contribution in [0.1, 0.15) is 77.0 Å². The van der Waals surface area contributed by atoms with Crippen LogP contribution in [0, 0.1) is 17.8 Å². The average Bonchev–Trinajstić information content (AvgIpc) is 2.57. The summed E-state index contributed by atoms with van der Waals surface area (Å²) in [5.41, 5.74) is 0. The van der Waals surface area contributed by atoms with Crippen LogP contribution in [-0.2, 0) is 4.74 Å². The highest BCUT2D eigenvalue weighted by molar-refractivity contribution is 4.87. The van der Waals surface area contributed by atoms with Gasteiger partial charge in [0, 0.05) is 0 Å². The Bertz CT molecular complexity index is 387. The van der Waals surface area contributed by atoms with E-state index in [1.54, 1.807) is 0 Å². The molecule has 3 aliphatic carbocycles. The van der Waals surface area contributed by atoms with Crippen molar-refractivity contribution < 1.29 is 22.3 Å². The van der Waals surface area contributed by atoms with Gasteiger partial charge < -0.3 is 4.74 Å². The fourth-order valence-electron chi connectivity index (χ4n) is 4.99. The number of hydrogen-bond donors (Lipinski definition) is 0. The first-order valence-corrected chi connectivity index (χ1v) is 9.79. The summed E-state index contributed by atoms with van der Waals surface area (Å²) in [7, 11) is 0. The quantitative estimate of drug-likeness (QED) is 0.548. The molecule has 3 rings (SSSR count). The highest BCUT2D eigenvalue weighted by Gasteiger charge is 2.46. The third-order valence-corrected chi connectivity index (χ3v) is 6.51. The Morgan fingerprint density at radius 1 is 0.708 bits per heavy atom. The second-order valence-corrected chi connectivity index (χ2v) is 8.13. The van der Waals surface area contributed by atoms with E-state index in [0.29, 0.717) is 57.8 Å². The lowest BCUT2D eigenvalue weighted by Gasteiger charge is -2.40. The number of hydrogen-bond acceptors (Lipinski definition) is 1. The van der Waals surface area contributed by atoms with E-state index in [-0.39, 0.29) is 11.8 Å².